The molecule has 0 radical (unpaired) electrons. The molecule has 1 heterocycles. The molecule has 3 atom stereocenters. The van der Waals surface area contributed by atoms with Gasteiger partial charge in [0, 0.05) is 10.8 Å². The first-order valence-corrected chi connectivity index (χ1v) is 12.4. The van der Waals surface area contributed by atoms with Gasteiger partial charge in [-0.1, -0.05) is 37.8 Å². The van der Waals surface area contributed by atoms with Crippen LogP contribution in [0.15, 0.2) is 53.6 Å². The third kappa shape index (κ3) is 7.61. The standard InChI is InChI=1S/C24H35O3PS/c1-6-18(3)22(13-21-7-8-24(25)23(14-21)20(5)29)19(4)10-11-26-16-28-15-17(2)9-12-27-28/h6-8,10,14,17,20,25,29H,1,9,11-13,15-16H2,2-5H3/b19-10-,22-18-/t17-,20?,28+/m0/s1. The van der Waals surface area contributed by atoms with Crippen LogP contribution in [-0.2, 0) is 15.7 Å². The summed E-state index contributed by atoms with van der Waals surface area (Å²) in [5, 5.41) is 10.0. The Morgan fingerprint density at radius 2 is 2.21 bits per heavy atom. The van der Waals surface area contributed by atoms with Crippen molar-refractivity contribution in [2.45, 2.75) is 45.8 Å². The Morgan fingerprint density at radius 1 is 1.45 bits per heavy atom. The van der Waals surface area contributed by atoms with E-state index in [1.807, 2.05) is 25.1 Å². The second kappa shape index (κ2) is 12.0. The molecule has 1 fully saturated rings. The number of thiol groups is 1. The summed E-state index contributed by atoms with van der Waals surface area (Å²) in [6.07, 6.45) is 7.85. The number of hydrogen-bond acceptors (Lipinski definition) is 4. The Hall–Kier alpha value is -1.06. The van der Waals surface area contributed by atoms with Crippen LogP contribution in [-0.4, -0.2) is 30.8 Å². The summed E-state index contributed by atoms with van der Waals surface area (Å²) in [6, 6.07) is 5.77. The summed E-state index contributed by atoms with van der Waals surface area (Å²) in [4.78, 5) is 0. The van der Waals surface area contributed by atoms with Gasteiger partial charge in [-0.05, 0) is 74.0 Å². The monoisotopic (exact) mass is 434 g/mol. The molecule has 1 aromatic rings. The van der Waals surface area contributed by atoms with Crippen molar-refractivity contribution in [3.05, 3.63) is 64.8 Å². The Kier molecular flexibility index (Phi) is 9.98. The van der Waals surface area contributed by atoms with Crippen molar-refractivity contribution >= 4 is 20.8 Å². The van der Waals surface area contributed by atoms with Gasteiger partial charge in [0.15, 0.2) is 0 Å². The summed E-state index contributed by atoms with van der Waals surface area (Å²) in [5.74, 6) is 1.04. The van der Waals surface area contributed by atoms with Crippen molar-refractivity contribution in [2.24, 2.45) is 5.92 Å². The Balaban J connectivity index is 2.03. The molecule has 1 aliphatic rings. The van der Waals surface area contributed by atoms with E-state index in [9.17, 15) is 5.11 Å². The molecule has 1 N–H and O–H groups in total. The lowest BCUT2D eigenvalue weighted by Crippen LogP contribution is -2.14. The highest BCUT2D eigenvalue weighted by Gasteiger charge is 2.19. The maximum atomic E-state index is 10.1. The summed E-state index contributed by atoms with van der Waals surface area (Å²) >= 11 is 4.48. The van der Waals surface area contributed by atoms with Crippen molar-refractivity contribution in [3.8, 4) is 5.75 Å². The lowest BCUT2D eigenvalue weighted by atomic mass is 9.93. The Labute approximate surface area is 183 Å². The highest BCUT2D eigenvalue weighted by molar-refractivity contribution is 7.80. The van der Waals surface area contributed by atoms with Gasteiger partial charge in [0.1, 0.15) is 5.75 Å². The average molecular weight is 435 g/mol. The van der Waals surface area contributed by atoms with Crippen molar-refractivity contribution in [1.82, 2.24) is 0 Å². The molecule has 29 heavy (non-hydrogen) atoms. The zero-order valence-electron chi connectivity index (χ0n) is 18.1. The molecule has 0 aromatic heterocycles. The molecule has 0 spiro atoms. The molecule has 160 valence electrons. The first-order valence-electron chi connectivity index (χ1n) is 10.3. The fraction of sp³-hybridized carbons (Fsp3) is 0.500. The third-order valence-corrected chi connectivity index (χ3v) is 7.65. The van der Waals surface area contributed by atoms with Crippen LogP contribution in [0.3, 0.4) is 0 Å². The molecule has 3 nitrogen and oxygen atoms in total. The molecule has 0 saturated carbocycles. The Morgan fingerprint density at radius 3 is 2.86 bits per heavy atom. The van der Waals surface area contributed by atoms with E-state index in [1.165, 1.54) is 11.1 Å². The molecular formula is C24H35O3PS. The molecule has 5 heteroatoms. The van der Waals surface area contributed by atoms with Gasteiger partial charge in [0.25, 0.3) is 0 Å². The first-order chi connectivity index (χ1) is 13.8. The molecule has 1 unspecified atom stereocenters. The number of aromatic hydroxyl groups is 1. The smallest absolute Gasteiger partial charge is 0.119 e. The van der Waals surface area contributed by atoms with Crippen LogP contribution >= 0.6 is 20.8 Å². The lowest BCUT2D eigenvalue weighted by molar-refractivity contribution is 0.192. The van der Waals surface area contributed by atoms with Gasteiger partial charge < -0.3 is 14.4 Å². The molecule has 0 amide bonds. The van der Waals surface area contributed by atoms with Crippen LogP contribution in [0.25, 0.3) is 0 Å². The van der Waals surface area contributed by atoms with Crippen molar-refractivity contribution in [1.29, 1.82) is 0 Å². The van der Waals surface area contributed by atoms with E-state index in [2.05, 4.69) is 46.1 Å². The summed E-state index contributed by atoms with van der Waals surface area (Å²) in [5.41, 5.74) is 5.59. The van der Waals surface area contributed by atoms with Crippen LogP contribution in [0, 0.1) is 5.92 Å². The van der Waals surface area contributed by atoms with Crippen LogP contribution in [0.1, 0.15) is 50.5 Å². The van der Waals surface area contributed by atoms with Crippen LogP contribution in [0.5, 0.6) is 5.75 Å². The first kappa shape index (κ1) is 24.2. The van der Waals surface area contributed by atoms with Gasteiger partial charge in [-0.3, -0.25) is 0 Å². The minimum Gasteiger partial charge on any atom is -0.508 e. The van der Waals surface area contributed by atoms with E-state index < -0.39 is 8.15 Å². The predicted molar refractivity (Wildman–Crippen MR) is 128 cm³/mol. The number of ether oxygens (including phenoxy) is 1. The van der Waals surface area contributed by atoms with Crippen molar-refractivity contribution in [3.63, 3.8) is 0 Å². The van der Waals surface area contributed by atoms with Gasteiger partial charge >= 0.3 is 0 Å². The highest BCUT2D eigenvalue weighted by atomic mass is 32.1. The van der Waals surface area contributed by atoms with Crippen molar-refractivity contribution in [2.75, 3.05) is 25.7 Å². The molecule has 0 aliphatic carbocycles. The quantitative estimate of drug-likeness (QED) is 0.194. The summed E-state index contributed by atoms with van der Waals surface area (Å²) < 4.78 is 11.8. The Bertz CT molecular complexity index is 754. The normalized spacial score (nSPS) is 22.2. The lowest BCUT2D eigenvalue weighted by Gasteiger charge is -2.26. The average Bonchev–Trinajstić information content (AvgIpc) is 2.69. The van der Waals surface area contributed by atoms with E-state index in [0.29, 0.717) is 18.7 Å². The maximum absolute atomic E-state index is 10.1. The van der Waals surface area contributed by atoms with Gasteiger partial charge in [-0.15, -0.1) is 0 Å². The minimum absolute atomic E-state index is 0.0143. The van der Waals surface area contributed by atoms with Gasteiger partial charge in [-0.2, -0.15) is 12.6 Å². The van der Waals surface area contributed by atoms with E-state index in [-0.39, 0.29) is 5.25 Å². The van der Waals surface area contributed by atoms with Crippen LogP contribution in [0.2, 0.25) is 0 Å². The fourth-order valence-corrected chi connectivity index (χ4v) is 5.43. The topological polar surface area (TPSA) is 38.7 Å². The number of phenolic OH excluding ortho intramolecular Hbond substituents is 1. The molecule has 1 saturated heterocycles. The zero-order chi connectivity index (χ0) is 21.4. The molecular weight excluding hydrogens is 399 g/mol. The van der Waals surface area contributed by atoms with Gasteiger partial charge in [0.05, 0.1) is 27.7 Å². The van der Waals surface area contributed by atoms with E-state index in [4.69, 9.17) is 9.26 Å². The maximum Gasteiger partial charge on any atom is 0.119 e. The molecule has 1 aliphatic heterocycles. The number of rotatable bonds is 9. The molecule has 2 rings (SSSR count). The zero-order valence-corrected chi connectivity index (χ0v) is 19.9. The summed E-state index contributed by atoms with van der Waals surface area (Å²) in [7, 11) is -0.436. The molecule has 1 aromatic carbocycles. The fourth-order valence-electron chi connectivity index (χ4n) is 3.39. The third-order valence-electron chi connectivity index (χ3n) is 5.32. The SMILES string of the molecule is C=C/C(C)=C(Cc1ccc(O)c(C(C)S)c1)\C(C)=C/COC[P@@]1C[C@@H](C)CCO1. The number of allylic oxidation sites excluding steroid dienone is 4. The summed E-state index contributed by atoms with van der Waals surface area (Å²) in [6.45, 7) is 13.9. The van der Waals surface area contributed by atoms with Crippen LogP contribution in [0.4, 0.5) is 0 Å². The van der Waals surface area contributed by atoms with E-state index in [0.717, 1.165) is 48.2 Å². The predicted octanol–water partition coefficient (Wildman–Crippen LogP) is 6.80. The van der Waals surface area contributed by atoms with Crippen LogP contribution < -0.4 is 0 Å². The van der Waals surface area contributed by atoms with E-state index >= 15 is 0 Å². The van der Waals surface area contributed by atoms with Gasteiger partial charge in [-0.25, -0.2) is 0 Å². The number of phenols is 1. The van der Waals surface area contributed by atoms with E-state index in [1.54, 1.807) is 6.07 Å². The highest BCUT2D eigenvalue weighted by Crippen LogP contribution is 2.43. The van der Waals surface area contributed by atoms with Gasteiger partial charge in [0.2, 0.25) is 0 Å². The van der Waals surface area contributed by atoms with Crippen molar-refractivity contribution < 1.29 is 14.4 Å². The number of hydrogen-bond donors (Lipinski definition) is 2. The minimum atomic E-state index is -0.436. The second-order valence-corrected chi connectivity index (χ2v) is 10.5. The second-order valence-electron chi connectivity index (χ2n) is 7.89. The molecule has 0 bridgehead atoms. The largest absolute Gasteiger partial charge is 0.508 e. The number of benzene rings is 1.